The highest BCUT2D eigenvalue weighted by molar-refractivity contribution is 7.14. The average molecular weight is 348 g/mol. The minimum absolute atomic E-state index is 0.0833. The summed E-state index contributed by atoms with van der Waals surface area (Å²) in [6.45, 7) is 0.173. The molecule has 0 radical (unpaired) electrons. The number of aromatic nitrogens is 1. The van der Waals surface area contributed by atoms with Crippen LogP contribution in [0.2, 0.25) is 5.02 Å². The highest BCUT2D eigenvalue weighted by atomic mass is 35.5. The predicted molar refractivity (Wildman–Crippen MR) is 87.8 cm³/mol. The number of fused-ring (bicyclic) bond motifs is 1. The molecule has 6 nitrogen and oxygen atoms in total. The highest BCUT2D eigenvalue weighted by Crippen LogP contribution is 2.22. The van der Waals surface area contributed by atoms with E-state index in [1.807, 2.05) is 6.07 Å². The molecule has 0 bridgehead atoms. The van der Waals surface area contributed by atoms with Crippen LogP contribution in [0.1, 0.15) is 12.0 Å². The number of hydrogen-bond acceptors (Lipinski definition) is 5. The van der Waals surface area contributed by atoms with Crippen LogP contribution in [0.4, 0.5) is 5.00 Å². The summed E-state index contributed by atoms with van der Waals surface area (Å²) in [6.07, 6.45) is 0.0833. The van der Waals surface area contributed by atoms with Crippen LogP contribution in [-0.4, -0.2) is 10.5 Å². The molecule has 0 unspecified atom stereocenters. The summed E-state index contributed by atoms with van der Waals surface area (Å²) in [4.78, 5) is 23.9. The maximum Gasteiger partial charge on any atom is 0.419 e. The van der Waals surface area contributed by atoms with Crippen LogP contribution in [-0.2, 0) is 11.3 Å². The lowest BCUT2D eigenvalue weighted by atomic mass is 10.3. The predicted octanol–water partition coefficient (Wildman–Crippen LogP) is 3.21. The van der Waals surface area contributed by atoms with Crippen molar-refractivity contribution in [2.45, 2.75) is 13.0 Å². The van der Waals surface area contributed by atoms with Crippen molar-refractivity contribution in [2.75, 3.05) is 5.32 Å². The van der Waals surface area contributed by atoms with Gasteiger partial charge < -0.3 is 9.73 Å². The van der Waals surface area contributed by atoms with Crippen LogP contribution < -0.4 is 11.1 Å². The number of carbonyl (C=O) groups is 1. The van der Waals surface area contributed by atoms with Crippen molar-refractivity contribution in [3.8, 4) is 6.07 Å². The second kappa shape index (κ2) is 6.28. The van der Waals surface area contributed by atoms with Crippen LogP contribution in [0.25, 0.3) is 11.1 Å². The van der Waals surface area contributed by atoms with Gasteiger partial charge in [0.15, 0.2) is 5.58 Å². The van der Waals surface area contributed by atoms with Gasteiger partial charge in [-0.05, 0) is 23.6 Å². The molecule has 0 saturated heterocycles. The van der Waals surface area contributed by atoms with Crippen LogP contribution in [0.5, 0.6) is 0 Å². The Labute approximate surface area is 139 Å². The number of amides is 1. The van der Waals surface area contributed by atoms with Gasteiger partial charge in [0.2, 0.25) is 5.91 Å². The van der Waals surface area contributed by atoms with E-state index in [1.54, 1.807) is 29.6 Å². The molecule has 116 valence electrons. The Kier molecular flexibility index (Phi) is 4.19. The van der Waals surface area contributed by atoms with E-state index in [2.05, 4.69) is 5.32 Å². The monoisotopic (exact) mass is 347 g/mol. The number of aryl methyl sites for hydroxylation is 1. The van der Waals surface area contributed by atoms with Crippen LogP contribution in [0.15, 0.2) is 38.9 Å². The van der Waals surface area contributed by atoms with E-state index >= 15 is 0 Å². The summed E-state index contributed by atoms with van der Waals surface area (Å²) in [6, 6.07) is 8.52. The zero-order chi connectivity index (χ0) is 16.4. The number of thiophene rings is 1. The standard InChI is InChI=1S/C15H10ClN3O3S/c16-10-1-2-11-12(7-10)22-15(21)19(11)5-3-13(20)18-14-9(8-17)4-6-23-14/h1-2,4,6-7H,3,5H2,(H,18,20). The summed E-state index contributed by atoms with van der Waals surface area (Å²) in [5, 5.41) is 14.3. The third-order valence-electron chi connectivity index (χ3n) is 3.23. The number of rotatable bonds is 4. The van der Waals surface area contributed by atoms with Crippen molar-refractivity contribution >= 4 is 44.9 Å². The highest BCUT2D eigenvalue weighted by Gasteiger charge is 2.12. The summed E-state index contributed by atoms with van der Waals surface area (Å²) in [5.74, 6) is -0.817. The maximum absolute atomic E-state index is 12.0. The molecule has 0 aliphatic heterocycles. The van der Waals surface area contributed by atoms with Gasteiger partial charge >= 0.3 is 5.76 Å². The first-order valence-electron chi connectivity index (χ1n) is 6.65. The van der Waals surface area contributed by atoms with Gasteiger partial charge in [0, 0.05) is 24.1 Å². The summed E-state index contributed by atoms with van der Waals surface area (Å²) in [7, 11) is 0. The lowest BCUT2D eigenvalue weighted by Gasteiger charge is -2.04. The smallest absolute Gasteiger partial charge is 0.408 e. The largest absolute Gasteiger partial charge is 0.419 e. The molecule has 3 rings (SSSR count). The first-order valence-corrected chi connectivity index (χ1v) is 7.90. The fraction of sp³-hybridized carbons (Fsp3) is 0.133. The number of nitriles is 1. The van der Waals surface area contributed by atoms with Gasteiger partial charge in [0.05, 0.1) is 11.1 Å². The van der Waals surface area contributed by atoms with Crippen molar-refractivity contribution in [3.05, 3.63) is 50.8 Å². The molecule has 23 heavy (non-hydrogen) atoms. The SMILES string of the molecule is N#Cc1ccsc1NC(=O)CCn1c(=O)oc2cc(Cl)ccc21. The Morgan fingerprint density at radius 2 is 2.26 bits per heavy atom. The molecule has 1 amide bonds. The number of nitrogens with one attached hydrogen (secondary N) is 1. The molecule has 2 aromatic heterocycles. The Balaban J connectivity index is 1.74. The third-order valence-corrected chi connectivity index (χ3v) is 4.30. The van der Waals surface area contributed by atoms with E-state index in [0.29, 0.717) is 26.7 Å². The van der Waals surface area contributed by atoms with Gasteiger partial charge in [0.25, 0.3) is 0 Å². The fourth-order valence-corrected chi connectivity index (χ4v) is 3.06. The van der Waals surface area contributed by atoms with E-state index in [0.717, 1.165) is 0 Å². The number of nitrogens with zero attached hydrogens (tertiary/aromatic N) is 2. The molecule has 0 aliphatic rings. The van der Waals surface area contributed by atoms with Crippen molar-refractivity contribution < 1.29 is 9.21 Å². The first-order chi connectivity index (χ1) is 11.1. The van der Waals surface area contributed by atoms with Gasteiger partial charge in [-0.3, -0.25) is 9.36 Å². The third kappa shape index (κ3) is 3.13. The first kappa shape index (κ1) is 15.3. The molecule has 0 spiro atoms. The normalized spacial score (nSPS) is 10.6. The average Bonchev–Trinajstić information content (AvgIpc) is 3.08. The molecule has 1 aromatic carbocycles. The van der Waals surface area contributed by atoms with E-state index in [9.17, 15) is 9.59 Å². The number of hydrogen-bond donors (Lipinski definition) is 1. The second-order valence-electron chi connectivity index (χ2n) is 4.71. The Morgan fingerprint density at radius 3 is 3.04 bits per heavy atom. The number of benzene rings is 1. The zero-order valence-corrected chi connectivity index (χ0v) is 13.3. The molecule has 3 aromatic rings. The number of carbonyl (C=O) groups excluding carboxylic acids is 1. The summed E-state index contributed by atoms with van der Waals surface area (Å²) >= 11 is 7.13. The van der Waals surface area contributed by atoms with E-state index in [-0.39, 0.29) is 18.9 Å². The Hall–Kier alpha value is -2.56. The fourth-order valence-electron chi connectivity index (χ4n) is 2.15. The Bertz CT molecular complexity index is 980. The van der Waals surface area contributed by atoms with Crippen molar-refractivity contribution in [3.63, 3.8) is 0 Å². The van der Waals surface area contributed by atoms with E-state index in [1.165, 1.54) is 15.9 Å². The second-order valence-corrected chi connectivity index (χ2v) is 6.06. The molecular formula is C15H10ClN3O3S. The summed E-state index contributed by atoms with van der Waals surface area (Å²) in [5.41, 5.74) is 1.39. The molecular weight excluding hydrogens is 338 g/mol. The summed E-state index contributed by atoms with van der Waals surface area (Å²) < 4.78 is 6.48. The molecule has 0 saturated carbocycles. The maximum atomic E-state index is 12.0. The molecule has 0 atom stereocenters. The van der Waals surface area contributed by atoms with Gasteiger partial charge in [-0.2, -0.15) is 5.26 Å². The van der Waals surface area contributed by atoms with E-state index < -0.39 is 5.76 Å². The van der Waals surface area contributed by atoms with Crippen molar-refractivity contribution in [1.82, 2.24) is 4.57 Å². The minimum atomic E-state index is -0.538. The number of anilines is 1. The Morgan fingerprint density at radius 1 is 1.43 bits per heavy atom. The van der Waals surface area contributed by atoms with Gasteiger partial charge in [0.1, 0.15) is 11.1 Å². The van der Waals surface area contributed by atoms with Crippen LogP contribution >= 0.6 is 22.9 Å². The molecule has 0 aliphatic carbocycles. The topological polar surface area (TPSA) is 88.0 Å². The molecule has 0 fully saturated rings. The number of halogens is 1. The molecule has 2 heterocycles. The van der Waals surface area contributed by atoms with Crippen molar-refractivity contribution in [2.24, 2.45) is 0 Å². The van der Waals surface area contributed by atoms with Crippen LogP contribution in [0.3, 0.4) is 0 Å². The van der Waals surface area contributed by atoms with Gasteiger partial charge in [-0.15, -0.1) is 11.3 Å². The molecule has 1 N–H and O–H groups in total. The van der Waals surface area contributed by atoms with Gasteiger partial charge in [-0.25, -0.2) is 4.79 Å². The van der Waals surface area contributed by atoms with Crippen molar-refractivity contribution in [1.29, 1.82) is 5.26 Å². The minimum Gasteiger partial charge on any atom is -0.408 e. The quantitative estimate of drug-likeness (QED) is 0.784. The van der Waals surface area contributed by atoms with Gasteiger partial charge in [-0.1, -0.05) is 11.6 Å². The zero-order valence-electron chi connectivity index (χ0n) is 11.7. The lowest BCUT2D eigenvalue weighted by Crippen LogP contribution is -2.19. The van der Waals surface area contributed by atoms with E-state index in [4.69, 9.17) is 21.3 Å². The molecule has 8 heteroatoms. The number of oxazole rings is 1. The lowest BCUT2D eigenvalue weighted by molar-refractivity contribution is -0.116. The van der Waals surface area contributed by atoms with Crippen LogP contribution in [0, 0.1) is 11.3 Å².